The van der Waals surface area contributed by atoms with Gasteiger partial charge < -0.3 is 13.3 Å². The molecule has 0 aliphatic carbocycles. The van der Waals surface area contributed by atoms with E-state index in [9.17, 15) is 65.9 Å². The first-order chi connectivity index (χ1) is 18.2. The van der Waals surface area contributed by atoms with Crippen molar-refractivity contribution in [2.75, 3.05) is 19.8 Å². The quantitative estimate of drug-likeness (QED) is 0.154. The van der Waals surface area contributed by atoms with Crippen LogP contribution >= 0.6 is 0 Å². The molecule has 0 atom stereocenters. The maximum absolute atomic E-state index is 15.1. The molecular weight excluding hydrogens is 639 g/mol. The monoisotopic (exact) mass is 658 g/mol. The van der Waals surface area contributed by atoms with Crippen molar-refractivity contribution >= 4 is 14.0 Å². The number of hydrogen-bond donors (Lipinski definition) is 0. The largest absolute Gasteiger partial charge is 0.537 e. The van der Waals surface area contributed by atoms with Crippen LogP contribution < -0.4 is 5.19 Å². The van der Waals surface area contributed by atoms with Gasteiger partial charge in [0, 0.05) is 30.6 Å². The molecule has 0 saturated heterocycles. The van der Waals surface area contributed by atoms with E-state index in [4.69, 9.17) is 13.3 Å². The standard InChI is InChI=1S/C20H19F17O3Si/c1-4-38-41(39-5-2,40-6-3)12-10-8-7-9-11(12)13(21,22)14(23,24)15(25,26)16(27,28)17(29,30)18(31,32)19(33,34)20(35,36)37/h7-10H,4-6H2,1-3H3. The predicted octanol–water partition coefficient (Wildman–Crippen LogP) is 7.41. The molecule has 0 aliphatic heterocycles. The first-order valence-corrected chi connectivity index (χ1v) is 12.6. The molecule has 0 spiro atoms. The second kappa shape index (κ2) is 11.3. The van der Waals surface area contributed by atoms with Crippen LogP contribution in [0.4, 0.5) is 74.6 Å². The molecule has 240 valence electrons. The van der Waals surface area contributed by atoms with E-state index in [1.807, 2.05) is 0 Å². The van der Waals surface area contributed by atoms with Gasteiger partial charge in [0.05, 0.1) is 0 Å². The summed E-state index contributed by atoms with van der Waals surface area (Å²) in [6.07, 6.45) is -7.82. The Labute approximate surface area is 220 Å². The van der Waals surface area contributed by atoms with Gasteiger partial charge in [-0.15, -0.1) is 0 Å². The van der Waals surface area contributed by atoms with Gasteiger partial charge in [-0.3, -0.25) is 0 Å². The summed E-state index contributed by atoms with van der Waals surface area (Å²) in [5.74, 6) is -57.3. The molecule has 0 saturated carbocycles. The summed E-state index contributed by atoms with van der Waals surface area (Å²) in [5, 5.41) is -1.31. The molecule has 0 fully saturated rings. The highest BCUT2D eigenvalue weighted by Gasteiger charge is 2.95. The third-order valence-corrected chi connectivity index (χ3v) is 8.42. The topological polar surface area (TPSA) is 27.7 Å². The highest BCUT2D eigenvalue weighted by molar-refractivity contribution is 6.75. The van der Waals surface area contributed by atoms with Gasteiger partial charge in [0.2, 0.25) is 0 Å². The molecule has 41 heavy (non-hydrogen) atoms. The van der Waals surface area contributed by atoms with Gasteiger partial charge in [0.25, 0.3) is 0 Å². The molecule has 3 nitrogen and oxygen atoms in total. The highest BCUT2D eigenvalue weighted by atomic mass is 28.4. The number of halogens is 17. The van der Waals surface area contributed by atoms with E-state index < -0.39 is 87.0 Å². The van der Waals surface area contributed by atoms with Gasteiger partial charge in [0.1, 0.15) is 0 Å². The Hall–Kier alpha value is -1.87. The number of hydrogen-bond acceptors (Lipinski definition) is 3. The van der Waals surface area contributed by atoms with Crippen LogP contribution in [0.1, 0.15) is 26.3 Å². The summed E-state index contributed by atoms with van der Waals surface area (Å²) in [5.41, 5.74) is -2.39. The highest BCUT2D eigenvalue weighted by Crippen LogP contribution is 2.65. The lowest BCUT2D eigenvalue weighted by atomic mass is 9.87. The molecule has 0 unspecified atom stereocenters. The fourth-order valence-electron chi connectivity index (χ4n) is 3.29. The predicted molar refractivity (Wildman–Crippen MR) is 106 cm³/mol. The fourth-order valence-corrected chi connectivity index (χ4v) is 6.01. The zero-order valence-electron chi connectivity index (χ0n) is 20.6. The molecule has 0 aliphatic rings. The average molecular weight is 658 g/mol. The molecular formula is C20H19F17O3Si. The summed E-state index contributed by atoms with van der Waals surface area (Å²) >= 11 is 0. The average Bonchev–Trinajstić information content (AvgIpc) is 2.83. The van der Waals surface area contributed by atoms with Gasteiger partial charge in [0.15, 0.2) is 0 Å². The molecule has 0 radical (unpaired) electrons. The normalized spacial score (nSPS) is 15.4. The van der Waals surface area contributed by atoms with Crippen LogP contribution in [0.2, 0.25) is 0 Å². The SMILES string of the molecule is CCO[Si](OCC)(OCC)c1ccccc1C(F)(F)C(F)(F)C(F)(F)C(F)(F)C(F)(F)C(F)(F)C(F)(F)C(F)(F)F. The molecule has 0 bridgehead atoms. The van der Waals surface area contributed by atoms with E-state index in [0.717, 1.165) is 6.07 Å². The Bertz CT molecular complexity index is 1030. The molecule has 0 heterocycles. The van der Waals surface area contributed by atoms with Crippen LogP contribution in [0.25, 0.3) is 0 Å². The summed E-state index contributed by atoms with van der Waals surface area (Å²) in [6, 6.07) is 1.54. The molecule has 0 aromatic heterocycles. The minimum atomic E-state index is -8.71. The maximum Gasteiger partial charge on any atom is 0.537 e. The van der Waals surface area contributed by atoms with E-state index in [2.05, 4.69) is 0 Å². The molecule has 0 N–H and O–H groups in total. The Kier molecular flexibility index (Phi) is 10.3. The summed E-state index contributed by atoms with van der Waals surface area (Å²) in [4.78, 5) is 0. The van der Waals surface area contributed by atoms with Crippen molar-refractivity contribution in [1.29, 1.82) is 0 Å². The van der Waals surface area contributed by atoms with Gasteiger partial charge in [-0.25, -0.2) is 0 Å². The van der Waals surface area contributed by atoms with Crippen LogP contribution in [-0.4, -0.2) is 70.3 Å². The van der Waals surface area contributed by atoms with Crippen molar-refractivity contribution in [3.05, 3.63) is 29.8 Å². The van der Waals surface area contributed by atoms with Gasteiger partial charge in [-0.2, -0.15) is 74.6 Å². The summed E-state index contributed by atoms with van der Waals surface area (Å²) in [7, 11) is -4.86. The first kappa shape index (κ1) is 37.2. The number of alkyl halides is 17. The van der Waals surface area contributed by atoms with Gasteiger partial charge in [-0.05, 0) is 20.8 Å². The van der Waals surface area contributed by atoms with E-state index in [1.165, 1.54) is 20.8 Å². The van der Waals surface area contributed by atoms with E-state index in [-0.39, 0.29) is 6.07 Å². The third-order valence-electron chi connectivity index (χ3n) is 5.32. The molecule has 0 amide bonds. The minimum Gasteiger partial charge on any atom is -0.370 e. The number of rotatable bonds is 14. The molecule has 1 aromatic carbocycles. The van der Waals surface area contributed by atoms with Crippen molar-refractivity contribution in [2.45, 2.75) is 68.4 Å². The van der Waals surface area contributed by atoms with E-state index in [1.54, 1.807) is 0 Å². The van der Waals surface area contributed by atoms with Gasteiger partial charge in [-0.1, -0.05) is 24.3 Å². The lowest BCUT2D eigenvalue weighted by Gasteiger charge is -2.43. The Balaban J connectivity index is 3.97. The van der Waals surface area contributed by atoms with Crippen LogP contribution in [-0.2, 0) is 19.2 Å². The zero-order chi connectivity index (χ0) is 32.7. The molecule has 1 rings (SSSR count). The third kappa shape index (κ3) is 5.39. The zero-order valence-corrected chi connectivity index (χ0v) is 21.6. The molecule has 21 heteroatoms. The van der Waals surface area contributed by atoms with Gasteiger partial charge >= 0.3 is 56.4 Å². The lowest BCUT2D eigenvalue weighted by molar-refractivity contribution is -0.462. The Morgan fingerprint density at radius 2 is 0.805 bits per heavy atom. The van der Waals surface area contributed by atoms with Crippen LogP contribution in [0.5, 0.6) is 0 Å². The smallest absolute Gasteiger partial charge is 0.370 e. The summed E-state index contributed by atoms with van der Waals surface area (Å²) in [6.45, 7) is 2.07. The Morgan fingerprint density at radius 1 is 0.488 bits per heavy atom. The fraction of sp³-hybridized carbons (Fsp3) is 0.700. The lowest BCUT2D eigenvalue weighted by Crippen LogP contribution is -2.74. The van der Waals surface area contributed by atoms with Crippen LogP contribution in [0.3, 0.4) is 0 Å². The second-order valence-corrected chi connectivity index (χ2v) is 10.4. The summed E-state index contributed by atoms with van der Waals surface area (Å²) < 4.78 is 249. The van der Waals surface area contributed by atoms with Crippen molar-refractivity contribution in [3.8, 4) is 0 Å². The number of benzene rings is 1. The van der Waals surface area contributed by atoms with Crippen molar-refractivity contribution < 1.29 is 87.9 Å². The van der Waals surface area contributed by atoms with E-state index >= 15 is 8.78 Å². The van der Waals surface area contributed by atoms with Crippen LogP contribution in [0.15, 0.2) is 24.3 Å². The van der Waals surface area contributed by atoms with Crippen molar-refractivity contribution in [1.82, 2.24) is 0 Å². The maximum atomic E-state index is 15.1. The Morgan fingerprint density at radius 3 is 1.15 bits per heavy atom. The van der Waals surface area contributed by atoms with Crippen LogP contribution in [0, 0.1) is 0 Å². The second-order valence-electron chi connectivity index (χ2n) is 7.92. The first-order valence-electron chi connectivity index (χ1n) is 10.9. The minimum absolute atomic E-state index is 0.124. The van der Waals surface area contributed by atoms with Crippen molar-refractivity contribution in [2.24, 2.45) is 0 Å². The van der Waals surface area contributed by atoms with E-state index in [0.29, 0.717) is 12.1 Å². The molecule has 1 aromatic rings. The van der Waals surface area contributed by atoms with Crippen molar-refractivity contribution in [3.63, 3.8) is 0 Å².